The number of nitrogens with one attached hydrogen (secondary N) is 1. The molecular weight excluding hydrogens is 266 g/mol. The molecule has 0 spiro atoms. The van der Waals surface area contributed by atoms with Crippen molar-refractivity contribution in [2.45, 2.75) is 31.1 Å². The Balaban J connectivity index is 2.14. The molecule has 0 aliphatic heterocycles. The van der Waals surface area contributed by atoms with Crippen LogP contribution in [0.3, 0.4) is 0 Å². The van der Waals surface area contributed by atoms with Crippen LogP contribution in [-0.2, 0) is 20.6 Å². The van der Waals surface area contributed by atoms with E-state index in [1.54, 1.807) is 30.3 Å². The predicted octanol–water partition coefficient (Wildman–Crippen LogP) is 1.36. The Kier molecular flexibility index (Phi) is 3.64. The summed E-state index contributed by atoms with van der Waals surface area (Å²) in [6, 6.07) is 8.71. The number of hydrogen-bond donors (Lipinski definition) is 2. The van der Waals surface area contributed by atoms with Crippen molar-refractivity contribution in [2.75, 3.05) is 0 Å². The van der Waals surface area contributed by atoms with Gasteiger partial charge in [-0.25, -0.2) is 8.42 Å². The topological polar surface area (TPSA) is 83.5 Å². The normalized spacial score (nSPS) is 18.8. The van der Waals surface area contributed by atoms with Crippen LogP contribution in [0.5, 0.6) is 0 Å². The molecule has 0 aromatic heterocycles. The van der Waals surface area contributed by atoms with E-state index >= 15 is 0 Å². The van der Waals surface area contributed by atoms with E-state index in [0.29, 0.717) is 5.56 Å². The third-order valence-corrected chi connectivity index (χ3v) is 4.85. The molecule has 1 fully saturated rings. The standard InChI is InChI=1S/C13H17NO4S/c1-13(12(15)16,11-7-8-11)14-19(17,18)9-10-5-3-2-4-6-10/h2-6,11,14H,7-9H2,1H3,(H,15,16). The number of aliphatic carboxylic acids is 1. The van der Waals surface area contributed by atoms with E-state index in [1.165, 1.54) is 6.92 Å². The fraction of sp³-hybridized carbons (Fsp3) is 0.462. The van der Waals surface area contributed by atoms with Crippen molar-refractivity contribution in [1.82, 2.24) is 4.72 Å². The fourth-order valence-electron chi connectivity index (χ4n) is 2.12. The maximum absolute atomic E-state index is 12.1. The number of carboxylic acid groups (broad SMARTS) is 1. The van der Waals surface area contributed by atoms with Gasteiger partial charge >= 0.3 is 5.97 Å². The maximum atomic E-state index is 12.1. The molecule has 1 saturated carbocycles. The lowest BCUT2D eigenvalue weighted by Gasteiger charge is -2.25. The molecule has 6 heteroatoms. The Labute approximate surface area is 112 Å². The number of sulfonamides is 1. The molecule has 19 heavy (non-hydrogen) atoms. The molecule has 0 amide bonds. The lowest BCUT2D eigenvalue weighted by Crippen LogP contribution is -2.54. The van der Waals surface area contributed by atoms with Crippen LogP contribution in [0.25, 0.3) is 0 Å². The average molecular weight is 283 g/mol. The van der Waals surface area contributed by atoms with Gasteiger partial charge in [0.25, 0.3) is 0 Å². The Morgan fingerprint density at radius 2 is 1.95 bits per heavy atom. The Morgan fingerprint density at radius 3 is 2.42 bits per heavy atom. The van der Waals surface area contributed by atoms with Crippen molar-refractivity contribution in [1.29, 1.82) is 0 Å². The summed E-state index contributed by atoms with van der Waals surface area (Å²) in [6.45, 7) is 1.44. The summed E-state index contributed by atoms with van der Waals surface area (Å²) in [4.78, 5) is 11.3. The minimum Gasteiger partial charge on any atom is -0.480 e. The molecule has 0 bridgehead atoms. The zero-order valence-electron chi connectivity index (χ0n) is 10.7. The molecular formula is C13H17NO4S. The first kappa shape index (κ1) is 14.0. The number of carboxylic acids is 1. The quantitative estimate of drug-likeness (QED) is 0.825. The Bertz CT molecular complexity index is 566. The highest BCUT2D eigenvalue weighted by Crippen LogP contribution is 2.40. The van der Waals surface area contributed by atoms with E-state index < -0.39 is 21.5 Å². The molecule has 1 unspecified atom stereocenters. The minimum absolute atomic E-state index is 0.115. The van der Waals surface area contributed by atoms with Crippen LogP contribution in [-0.4, -0.2) is 25.0 Å². The Hall–Kier alpha value is -1.40. The molecule has 2 rings (SSSR count). The molecule has 5 nitrogen and oxygen atoms in total. The fourth-order valence-corrected chi connectivity index (χ4v) is 3.72. The van der Waals surface area contributed by atoms with Gasteiger partial charge in [-0.3, -0.25) is 4.79 Å². The first-order chi connectivity index (χ1) is 8.83. The second-order valence-electron chi connectivity index (χ2n) is 5.13. The van der Waals surface area contributed by atoms with Crippen LogP contribution in [0.4, 0.5) is 0 Å². The molecule has 104 valence electrons. The summed E-state index contributed by atoms with van der Waals surface area (Å²) in [5, 5.41) is 9.25. The van der Waals surface area contributed by atoms with Crippen molar-refractivity contribution >= 4 is 16.0 Å². The third kappa shape index (κ3) is 3.33. The molecule has 1 atom stereocenters. The van der Waals surface area contributed by atoms with E-state index in [2.05, 4.69) is 4.72 Å². The summed E-state index contributed by atoms with van der Waals surface area (Å²) in [5.74, 6) is -1.44. The van der Waals surface area contributed by atoms with Gasteiger partial charge in [-0.1, -0.05) is 30.3 Å². The van der Waals surface area contributed by atoms with E-state index in [4.69, 9.17) is 0 Å². The summed E-state index contributed by atoms with van der Waals surface area (Å²) in [6.07, 6.45) is 1.49. The molecule has 1 aliphatic rings. The molecule has 1 aromatic rings. The molecule has 0 saturated heterocycles. The van der Waals surface area contributed by atoms with Crippen LogP contribution in [0, 0.1) is 5.92 Å². The smallest absolute Gasteiger partial charge is 0.324 e. The molecule has 0 radical (unpaired) electrons. The summed E-state index contributed by atoms with van der Waals surface area (Å²) in [5.41, 5.74) is -0.758. The van der Waals surface area contributed by atoms with Crippen molar-refractivity contribution in [3.63, 3.8) is 0 Å². The lowest BCUT2D eigenvalue weighted by atomic mass is 9.98. The SMILES string of the molecule is CC(NS(=O)(=O)Cc1ccccc1)(C(=O)O)C1CC1. The highest BCUT2D eigenvalue weighted by molar-refractivity contribution is 7.88. The molecule has 1 aromatic carbocycles. The van der Waals surface area contributed by atoms with E-state index in [9.17, 15) is 18.3 Å². The number of hydrogen-bond acceptors (Lipinski definition) is 3. The second-order valence-corrected chi connectivity index (χ2v) is 6.85. The largest absolute Gasteiger partial charge is 0.480 e. The van der Waals surface area contributed by atoms with Gasteiger partial charge in [0.2, 0.25) is 10.0 Å². The summed E-state index contributed by atoms with van der Waals surface area (Å²) >= 11 is 0. The van der Waals surface area contributed by atoms with Crippen molar-refractivity contribution in [2.24, 2.45) is 5.92 Å². The average Bonchev–Trinajstić information content (AvgIpc) is 3.12. The molecule has 2 N–H and O–H groups in total. The minimum atomic E-state index is -3.67. The van der Waals surface area contributed by atoms with Gasteiger partial charge in [-0.15, -0.1) is 0 Å². The highest BCUT2D eigenvalue weighted by Gasteiger charge is 2.49. The van der Waals surface area contributed by atoms with Gasteiger partial charge in [0.15, 0.2) is 0 Å². The van der Waals surface area contributed by atoms with Gasteiger partial charge in [0, 0.05) is 0 Å². The number of benzene rings is 1. The van der Waals surface area contributed by atoms with E-state index in [0.717, 1.165) is 12.8 Å². The van der Waals surface area contributed by atoms with Crippen molar-refractivity contribution < 1.29 is 18.3 Å². The van der Waals surface area contributed by atoms with E-state index in [-0.39, 0.29) is 11.7 Å². The van der Waals surface area contributed by atoms with Crippen molar-refractivity contribution in [3.8, 4) is 0 Å². The van der Waals surface area contributed by atoms with Crippen LogP contribution in [0.1, 0.15) is 25.3 Å². The Morgan fingerprint density at radius 1 is 1.37 bits per heavy atom. The zero-order valence-corrected chi connectivity index (χ0v) is 11.5. The molecule has 0 heterocycles. The maximum Gasteiger partial charge on any atom is 0.324 e. The highest BCUT2D eigenvalue weighted by atomic mass is 32.2. The lowest BCUT2D eigenvalue weighted by molar-refractivity contribution is -0.144. The monoisotopic (exact) mass is 283 g/mol. The van der Waals surface area contributed by atoms with Gasteiger partial charge < -0.3 is 5.11 Å². The first-order valence-electron chi connectivity index (χ1n) is 6.12. The van der Waals surface area contributed by atoms with Crippen LogP contribution >= 0.6 is 0 Å². The predicted molar refractivity (Wildman–Crippen MR) is 71.0 cm³/mol. The van der Waals surface area contributed by atoms with Gasteiger partial charge in [0.05, 0.1) is 5.75 Å². The van der Waals surface area contributed by atoms with Gasteiger partial charge in [-0.2, -0.15) is 4.72 Å². The van der Waals surface area contributed by atoms with Crippen LogP contribution < -0.4 is 4.72 Å². The summed E-state index contributed by atoms with van der Waals surface area (Å²) < 4.78 is 26.5. The summed E-state index contributed by atoms with van der Waals surface area (Å²) in [7, 11) is -3.67. The zero-order chi connectivity index (χ0) is 14.1. The van der Waals surface area contributed by atoms with Crippen molar-refractivity contribution in [3.05, 3.63) is 35.9 Å². The van der Waals surface area contributed by atoms with E-state index in [1.807, 2.05) is 0 Å². The van der Waals surface area contributed by atoms with Gasteiger partial charge in [0.1, 0.15) is 5.54 Å². The van der Waals surface area contributed by atoms with Gasteiger partial charge in [-0.05, 0) is 31.2 Å². The first-order valence-corrected chi connectivity index (χ1v) is 7.78. The third-order valence-electron chi connectivity index (χ3n) is 3.41. The molecule has 1 aliphatic carbocycles. The van der Waals surface area contributed by atoms with Crippen LogP contribution in [0.15, 0.2) is 30.3 Å². The number of carbonyl (C=O) groups is 1. The number of rotatable bonds is 6. The van der Waals surface area contributed by atoms with Crippen LogP contribution in [0.2, 0.25) is 0 Å². The second kappa shape index (κ2) is 4.94.